The van der Waals surface area contributed by atoms with Gasteiger partial charge < -0.3 is 14.8 Å². The second-order valence-corrected chi connectivity index (χ2v) is 5.38. The Bertz CT molecular complexity index is 701. The molecule has 2 aromatic rings. The molecule has 1 N–H and O–H groups in total. The second kappa shape index (κ2) is 6.71. The number of hydrogen-bond donors (Lipinski definition) is 1. The molecule has 4 nitrogen and oxygen atoms in total. The van der Waals surface area contributed by atoms with Crippen molar-refractivity contribution in [3.05, 3.63) is 58.6 Å². The molecule has 0 fully saturated rings. The molecule has 3 rings (SSSR count). The minimum Gasteiger partial charge on any atom is -0.493 e. The van der Waals surface area contributed by atoms with Gasteiger partial charge in [0.05, 0.1) is 13.7 Å². The lowest BCUT2D eigenvalue weighted by molar-refractivity contribution is 0.284. The Hall–Kier alpha value is -2.20. The molecule has 0 unspecified atom stereocenters. The van der Waals surface area contributed by atoms with Gasteiger partial charge in [-0.2, -0.15) is 0 Å². The molecule has 1 aliphatic rings. The lowest BCUT2D eigenvalue weighted by Gasteiger charge is -2.12. The fourth-order valence-corrected chi connectivity index (χ4v) is 2.53. The molecule has 114 valence electrons. The number of amidine groups is 1. The van der Waals surface area contributed by atoms with Crippen molar-refractivity contribution in [1.82, 2.24) is 5.32 Å². The first-order valence-electron chi connectivity index (χ1n) is 7.10. The van der Waals surface area contributed by atoms with Gasteiger partial charge in [0, 0.05) is 17.1 Å². The summed E-state index contributed by atoms with van der Waals surface area (Å²) in [5, 5.41) is 3.95. The molecule has 22 heavy (non-hydrogen) atoms. The number of benzene rings is 2. The summed E-state index contributed by atoms with van der Waals surface area (Å²) in [6.07, 6.45) is 0. The number of methoxy groups -OCH3 is 1. The Kier molecular flexibility index (Phi) is 4.49. The van der Waals surface area contributed by atoms with E-state index in [1.165, 1.54) is 0 Å². The van der Waals surface area contributed by atoms with Gasteiger partial charge in [0.15, 0.2) is 11.5 Å². The zero-order chi connectivity index (χ0) is 15.4. The molecule has 0 aromatic heterocycles. The SMILES string of the molecule is COc1cc(C2=NCCN2)ccc1OCc1cccc(Cl)c1. The Morgan fingerprint density at radius 1 is 1.18 bits per heavy atom. The average Bonchev–Trinajstić information content (AvgIpc) is 3.07. The fourth-order valence-electron chi connectivity index (χ4n) is 2.31. The molecule has 1 aliphatic heterocycles. The van der Waals surface area contributed by atoms with E-state index in [1.807, 2.05) is 42.5 Å². The van der Waals surface area contributed by atoms with Crippen LogP contribution in [0.2, 0.25) is 5.02 Å². The largest absolute Gasteiger partial charge is 0.493 e. The van der Waals surface area contributed by atoms with Crippen molar-refractivity contribution in [3.8, 4) is 11.5 Å². The Balaban J connectivity index is 1.75. The van der Waals surface area contributed by atoms with Gasteiger partial charge in [0.25, 0.3) is 0 Å². The average molecular weight is 317 g/mol. The van der Waals surface area contributed by atoms with Crippen LogP contribution in [0.25, 0.3) is 0 Å². The predicted octanol–water partition coefficient (Wildman–Crippen LogP) is 3.28. The van der Waals surface area contributed by atoms with E-state index in [9.17, 15) is 0 Å². The maximum absolute atomic E-state index is 5.98. The molecule has 0 bridgehead atoms. The number of nitrogens with zero attached hydrogens (tertiary/aromatic N) is 1. The van der Waals surface area contributed by atoms with E-state index in [4.69, 9.17) is 21.1 Å². The fraction of sp³-hybridized carbons (Fsp3) is 0.235. The van der Waals surface area contributed by atoms with Crippen LogP contribution in [0.3, 0.4) is 0 Å². The highest BCUT2D eigenvalue weighted by Gasteiger charge is 2.12. The van der Waals surface area contributed by atoms with Crippen molar-refractivity contribution in [2.24, 2.45) is 4.99 Å². The van der Waals surface area contributed by atoms with E-state index < -0.39 is 0 Å². The summed E-state index contributed by atoms with van der Waals surface area (Å²) >= 11 is 5.98. The smallest absolute Gasteiger partial charge is 0.161 e. The minimum atomic E-state index is 0.440. The second-order valence-electron chi connectivity index (χ2n) is 4.94. The predicted molar refractivity (Wildman–Crippen MR) is 88.2 cm³/mol. The number of aliphatic imine (C=N–C) groups is 1. The summed E-state index contributed by atoms with van der Waals surface area (Å²) in [6, 6.07) is 13.4. The van der Waals surface area contributed by atoms with E-state index in [0.29, 0.717) is 23.1 Å². The van der Waals surface area contributed by atoms with Gasteiger partial charge in [0.2, 0.25) is 0 Å². The van der Waals surface area contributed by atoms with E-state index in [-0.39, 0.29) is 0 Å². The van der Waals surface area contributed by atoms with Crippen LogP contribution in [0.4, 0.5) is 0 Å². The zero-order valence-corrected chi connectivity index (χ0v) is 13.1. The third-order valence-electron chi connectivity index (χ3n) is 3.39. The number of halogens is 1. The van der Waals surface area contributed by atoms with Crippen LogP contribution in [-0.4, -0.2) is 26.0 Å². The van der Waals surface area contributed by atoms with E-state index in [2.05, 4.69) is 10.3 Å². The van der Waals surface area contributed by atoms with Gasteiger partial charge in [-0.25, -0.2) is 0 Å². The lowest BCUT2D eigenvalue weighted by atomic mass is 10.2. The number of nitrogens with one attached hydrogen (secondary N) is 1. The van der Waals surface area contributed by atoms with Gasteiger partial charge in [0.1, 0.15) is 12.4 Å². The van der Waals surface area contributed by atoms with Crippen LogP contribution in [0, 0.1) is 0 Å². The number of rotatable bonds is 5. The van der Waals surface area contributed by atoms with E-state index in [0.717, 1.165) is 30.1 Å². The van der Waals surface area contributed by atoms with Crippen LogP contribution in [-0.2, 0) is 6.61 Å². The van der Waals surface area contributed by atoms with Gasteiger partial charge in [-0.15, -0.1) is 0 Å². The van der Waals surface area contributed by atoms with Crippen molar-refractivity contribution in [1.29, 1.82) is 0 Å². The Morgan fingerprint density at radius 2 is 2.09 bits per heavy atom. The first kappa shape index (κ1) is 14.7. The van der Waals surface area contributed by atoms with Gasteiger partial charge >= 0.3 is 0 Å². The Labute approximate surface area is 134 Å². The monoisotopic (exact) mass is 316 g/mol. The lowest BCUT2D eigenvalue weighted by Crippen LogP contribution is -2.19. The molecule has 0 amide bonds. The third kappa shape index (κ3) is 3.34. The van der Waals surface area contributed by atoms with Crippen molar-refractivity contribution >= 4 is 17.4 Å². The molecule has 0 saturated heterocycles. The molecule has 2 aromatic carbocycles. The molecular formula is C17H17ClN2O2. The maximum atomic E-state index is 5.98. The van der Waals surface area contributed by atoms with Crippen molar-refractivity contribution in [3.63, 3.8) is 0 Å². The molecule has 0 atom stereocenters. The van der Waals surface area contributed by atoms with Crippen molar-refractivity contribution in [2.75, 3.05) is 20.2 Å². The van der Waals surface area contributed by atoms with Gasteiger partial charge in [-0.3, -0.25) is 4.99 Å². The van der Waals surface area contributed by atoms with Crippen LogP contribution in [0.5, 0.6) is 11.5 Å². The van der Waals surface area contributed by atoms with Crippen LogP contribution in [0.1, 0.15) is 11.1 Å². The topological polar surface area (TPSA) is 42.8 Å². The summed E-state index contributed by atoms with van der Waals surface area (Å²) in [5.41, 5.74) is 2.02. The van der Waals surface area contributed by atoms with Gasteiger partial charge in [-0.05, 0) is 35.9 Å². The summed E-state index contributed by atoms with van der Waals surface area (Å²) in [6.45, 7) is 2.13. The standard InChI is InChI=1S/C17H17ClN2O2/c1-21-16-10-13(17-19-7-8-20-17)5-6-15(16)22-11-12-3-2-4-14(18)9-12/h2-6,9-10H,7-8,11H2,1H3,(H,19,20). The molecular weight excluding hydrogens is 300 g/mol. The zero-order valence-electron chi connectivity index (χ0n) is 12.3. The van der Waals surface area contributed by atoms with Crippen LogP contribution >= 0.6 is 11.6 Å². The molecule has 5 heteroatoms. The maximum Gasteiger partial charge on any atom is 0.161 e. The summed E-state index contributed by atoms with van der Waals surface area (Å²) in [5.74, 6) is 2.29. The van der Waals surface area contributed by atoms with E-state index in [1.54, 1.807) is 7.11 Å². The molecule has 1 heterocycles. The van der Waals surface area contributed by atoms with Gasteiger partial charge in [-0.1, -0.05) is 23.7 Å². The summed E-state index contributed by atoms with van der Waals surface area (Å²) in [4.78, 5) is 4.41. The molecule has 0 spiro atoms. The van der Waals surface area contributed by atoms with Crippen LogP contribution < -0.4 is 14.8 Å². The Morgan fingerprint density at radius 3 is 2.82 bits per heavy atom. The molecule has 0 radical (unpaired) electrons. The normalized spacial score (nSPS) is 13.5. The van der Waals surface area contributed by atoms with E-state index >= 15 is 0 Å². The third-order valence-corrected chi connectivity index (χ3v) is 3.63. The quantitative estimate of drug-likeness (QED) is 0.920. The minimum absolute atomic E-state index is 0.440. The molecule has 0 aliphatic carbocycles. The molecule has 0 saturated carbocycles. The van der Waals surface area contributed by atoms with Crippen molar-refractivity contribution in [2.45, 2.75) is 6.61 Å². The highest BCUT2D eigenvalue weighted by molar-refractivity contribution is 6.30. The highest BCUT2D eigenvalue weighted by atomic mass is 35.5. The summed E-state index contributed by atoms with van der Waals surface area (Å²) < 4.78 is 11.3. The number of hydrogen-bond acceptors (Lipinski definition) is 4. The summed E-state index contributed by atoms with van der Waals surface area (Å²) in [7, 11) is 1.63. The van der Waals surface area contributed by atoms with Crippen LogP contribution in [0.15, 0.2) is 47.5 Å². The first-order valence-corrected chi connectivity index (χ1v) is 7.48. The number of ether oxygens (including phenoxy) is 2. The highest BCUT2D eigenvalue weighted by Crippen LogP contribution is 2.29. The first-order chi connectivity index (χ1) is 10.8. The van der Waals surface area contributed by atoms with Crippen molar-refractivity contribution < 1.29 is 9.47 Å².